The molecule has 1 aliphatic carbocycles. The highest BCUT2D eigenvalue weighted by molar-refractivity contribution is 5.76. The third kappa shape index (κ3) is 5.25. The molecule has 0 heterocycles. The van der Waals surface area contributed by atoms with Crippen LogP contribution >= 0.6 is 0 Å². The number of hydrogen-bond donors (Lipinski definition) is 1. The van der Waals surface area contributed by atoms with Gasteiger partial charge in [-0.2, -0.15) is 0 Å². The lowest BCUT2D eigenvalue weighted by molar-refractivity contribution is -0.121. The van der Waals surface area contributed by atoms with E-state index in [0.717, 1.165) is 12.8 Å². The Hall–Kier alpha value is -2.09. The molecule has 1 atom stereocenters. The predicted octanol–water partition coefficient (Wildman–Crippen LogP) is 6.06. The second kappa shape index (κ2) is 8.94. The second-order valence-corrected chi connectivity index (χ2v) is 9.21. The summed E-state index contributed by atoms with van der Waals surface area (Å²) in [4.78, 5) is 12.6. The summed E-state index contributed by atoms with van der Waals surface area (Å²) in [5.74, 6) is 0.143. The van der Waals surface area contributed by atoms with Crippen molar-refractivity contribution in [1.29, 1.82) is 0 Å². The van der Waals surface area contributed by atoms with Crippen LogP contribution in [0.15, 0.2) is 42.5 Å². The maximum atomic E-state index is 12.6. The van der Waals surface area contributed by atoms with Gasteiger partial charge in [0.15, 0.2) is 0 Å². The van der Waals surface area contributed by atoms with E-state index in [0.29, 0.717) is 6.42 Å². The monoisotopic (exact) mass is 377 g/mol. The van der Waals surface area contributed by atoms with Gasteiger partial charge < -0.3 is 5.32 Å². The van der Waals surface area contributed by atoms with Gasteiger partial charge in [-0.3, -0.25) is 4.79 Å². The van der Waals surface area contributed by atoms with Crippen LogP contribution in [0.5, 0.6) is 0 Å². The number of nitrogens with one attached hydrogen (secondary N) is 1. The zero-order valence-electron chi connectivity index (χ0n) is 18.0. The van der Waals surface area contributed by atoms with E-state index in [1.807, 2.05) is 0 Å². The largest absolute Gasteiger partial charge is 0.349 e. The first-order valence-electron chi connectivity index (χ1n) is 10.9. The fourth-order valence-electron chi connectivity index (χ4n) is 4.09. The molecule has 2 aromatic rings. The van der Waals surface area contributed by atoms with Crippen molar-refractivity contribution >= 4 is 5.91 Å². The first kappa shape index (κ1) is 20.6. The van der Waals surface area contributed by atoms with Gasteiger partial charge in [-0.25, -0.2) is 0 Å². The molecule has 3 rings (SSSR count). The summed E-state index contributed by atoms with van der Waals surface area (Å²) in [5, 5.41) is 3.26. The van der Waals surface area contributed by atoms with Crippen molar-refractivity contribution < 1.29 is 4.79 Å². The highest BCUT2D eigenvalue weighted by Crippen LogP contribution is 2.26. The molecule has 1 N–H and O–H groups in total. The molecule has 1 aliphatic rings. The molecule has 2 heteroatoms. The van der Waals surface area contributed by atoms with Crippen LogP contribution in [0.3, 0.4) is 0 Å². The Balaban J connectivity index is 1.57. The van der Waals surface area contributed by atoms with E-state index in [1.165, 1.54) is 53.5 Å². The summed E-state index contributed by atoms with van der Waals surface area (Å²) in [7, 11) is 0. The summed E-state index contributed by atoms with van der Waals surface area (Å²) < 4.78 is 0. The number of carbonyl (C=O) groups is 1. The van der Waals surface area contributed by atoms with Gasteiger partial charge in [0.05, 0.1) is 6.04 Å². The molecule has 0 unspecified atom stereocenters. The topological polar surface area (TPSA) is 29.1 Å². The minimum atomic E-state index is 0.114. The van der Waals surface area contributed by atoms with E-state index in [1.54, 1.807) is 0 Å². The second-order valence-electron chi connectivity index (χ2n) is 9.21. The minimum Gasteiger partial charge on any atom is -0.349 e. The molecule has 0 aromatic heterocycles. The van der Waals surface area contributed by atoms with Gasteiger partial charge in [0, 0.05) is 6.42 Å². The minimum absolute atomic E-state index is 0.114. The third-order valence-electron chi connectivity index (χ3n) is 5.98. The Labute approximate surface area is 170 Å². The Bertz CT molecular complexity index is 798. The number of benzene rings is 2. The van der Waals surface area contributed by atoms with Gasteiger partial charge in [-0.1, -0.05) is 70.2 Å². The van der Waals surface area contributed by atoms with Crippen LogP contribution < -0.4 is 5.32 Å². The van der Waals surface area contributed by atoms with Crippen LogP contribution in [0, 0.1) is 0 Å². The summed E-state index contributed by atoms with van der Waals surface area (Å²) in [6.07, 6.45) is 7.22. The maximum absolute atomic E-state index is 12.6. The number of amides is 1. The van der Waals surface area contributed by atoms with Crippen LogP contribution in [0.2, 0.25) is 0 Å². The van der Waals surface area contributed by atoms with Gasteiger partial charge in [-0.05, 0) is 71.8 Å². The molecule has 2 aromatic carbocycles. The zero-order valence-corrected chi connectivity index (χ0v) is 18.0. The highest BCUT2D eigenvalue weighted by Gasteiger charge is 2.17. The molecule has 0 saturated carbocycles. The van der Waals surface area contributed by atoms with Crippen LogP contribution in [0.25, 0.3) is 0 Å². The lowest BCUT2D eigenvalue weighted by Gasteiger charge is -2.22. The standard InChI is InChI=1S/C26H35NO/c1-5-24(22-14-13-20-8-6-7-9-21(20)18-22)27-25(28)17-12-19-10-15-23(16-11-19)26(2,3)4/h10-11,13-16,18,24H,5-9,12,17H2,1-4H3,(H,27,28)/t24-/m0/s1. The quantitative estimate of drug-likeness (QED) is 0.651. The normalized spacial score (nSPS) is 15.0. The molecule has 150 valence electrons. The van der Waals surface area contributed by atoms with E-state index < -0.39 is 0 Å². The molecule has 2 nitrogen and oxygen atoms in total. The summed E-state index contributed by atoms with van der Waals surface area (Å²) in [5.41, 5.74) is 6.96. The van der Waals surface area contributed by atoms with Gasteiger partial charge in [0.25, 0.3) is 0 Å². The summed E-state index contributed by atoms with van der Waals surface area (Å²) in [6, 6.07) is 15.6. The van der Waals surface area contributed by atoms with E-state index in [9.17, 15) is 4.79 Å². The van der Waals surface area contributed by atoms with Crippen molar-refractivity contribution in [2.45, 2.75) is 84.1 Å². The first-order valence-corrected chi connectivity index (χ1v) is 10.9. The van der Waals surface area contributed by atoms with Crippen LogP contribution in [0.4, 0.5) is 0 Å². The lowest BCUT2D eigenvalue weighted by atomic mass is 9.86. The van der Waals surface area contributed by atoms with E-state index in [-0.39, 0.29) is 17.4 Å². The predicted molar refractivity (Wildman–Crippen MR) is 118 cm³/mol. The van der Waals surface area contributed by atoms with Crippen molar-refractivity contribution in [1.82, 2.24) is 5.32 Å². The first-order chi connectivity index (χ1) is 13.4. The van der Waals surface area contributed by atoms with E-state index in [2.05, 4.69) is 75.5 Å². The number of aryl methyl sites for hydroxylation is 3. The molecule has 0 bridgehead atoms. The molecule has 0 spiro atoms. The molecule has 0 saturated heterocycles. The number of carbonyl (C=O) groups excluding carboxylic acids is 1. The molecule has 0 aliphatic heterocycles. The van der Waals surface area contributed by atoms with Crippen LogP contribution in [-0.4, -0.2) is 5.91 Å². The molecule has 0 fully saturated rings. The Morgan fingerprint density at radius 2 is 1.68 bits per heavy atom. The fourth-order valence-corrected chi connectivity index (χ4v) is 4.09. The number of fused-ring (bicyclic) bond motifs is 1. The molecular formula is C26H35NO. The molecular weight excluding hydrogens is 342 g/mol. The highest BCUT2D eigenvalue weighted by atomic mass is 16.1. The number of hydrogen-bond acceptors (Lipinski definition) is 1. The van der Waals surface area contributed by atoms with Gasteiger partial charge in [-0.15, -0.1) is 0 Å². The number of rotatable bonds is 6. The average molecular weight is 378 g/mol. The summed E-state index contributed by atoms with van der Waals surface area (Å²) >= 11 is 0. The SMILES string of the molecule is CC[C@H](NC(=O)CCc1ccc(C(C)(C)C)cc1)c1ccc2c(c1)CCCC2. The van der Waals surface area contributed by atoms with Crippen molar-refractivity contribution in [2.75, 3.05) is 0 Å². The third-order valence-corrected chi connectivity index (χ3v) is 5.98. The van der Waals surface area contributed by atoms with Crippen molar-refractivity contribution in [3.05, 3.63) is 70.3 Å². The average Bonchev–Trinajstić information content (AvgIpc) is 2.69. The summed E-state index contributed by atoms with van der Waals surface area (Å²) in [6.45, 7) is 8.82. The Kier molecular flexibility index (Phi) is 6.59. The lowest BCUT2D eigenvalue weighted by Crippen LogP contribution is -2.28. The van der Waals surface area contributed by atoms with Gasteiger partial charge in [0.2, 0.25) is 5.91 Å². The van der Waals surface area contributed by atoms with E-state index in [4.69, 9.17) is 0 Å². The van der Waals surface area contributed by atoms with Gasteiger partial charge in [0.1, 0.15) is 0 Å². The van der Waals surface area contributed by atoms with E-state index >= 15 is 0 Å². The van der Waals surface area contributed by atoms with Crippen molar-refractivity contribution in [3.63, 3.8) is 0 Å². The van der Waals surface area contributed by atoms with Crippen LogP contribution in [0.1, 0.15) is 87.2 Å². The fraction of sp³-hybridized carbons (Fsp3) is 0.500. The maximum Gasteiger partial charge on any atom is 0.220 e. The Morgan fingerprint density at radius 3 is 2.32 bits per heavy atom. The molecule has 1 amide bonds. The van der Waals surface area contributed by atoms with Gasteiger partial charge >= 0.3 is 0 Å². The smallest absolute Gasteiger partial charge is 0.220 e. The van der Waals surface area contributed by atoms with Crippen LogP contribution in [-0.2, 0) is 29.5 Å². The molecule has 28 heavy (non-hydrogen) atoms. The molecule has 0 radical (unpaired) electrons. The van der Waals surface area contributed by atoms with Crippen molar-refractivity contribution in [2.24, 2.45) is 0 Å². The zero-order chi connectivity index (χ0) is 20.1. The Morgan fingerprint density at radius 1 is 1.00 bits per heavy atom. The van der Waals surface area contributed by atoms with Crippen molar-refractivity contribution in [3.8, 4) is 0 Å².